The minimum atomic E-state index is -0.278. The van der Waals surface area contributed by atoms with Crippen molar-refractivity contribution in [1.29, 1.82) is 0 Å². The number of aliphatic hydroxyl groups is 1. The van der Waals surface area contributed by atoms with Gasteiger partial charge >= 0.3 is 0 Å². The molecule has 0 radical (unpaired) electrons. The van der Waals surface area contributed by atoms with Crippen LogP contribution in [0.2, 0.25) is 0 Å². The van der Waals surface area contributed by atoms with Crippen LogP contribution in [0.5, 0.6) is 0 Å². The Hall–Kier alpha value is -2.99. The number of nitrogens with one attached hydrogen (secondary N) is 1. The Balaban J connectivity index is 1.69. The molecule has 4 rings (SSSR count). The Kier molecular flexibility index (Phi) is 5.21. The van der Waals surface area contributed by atoms with Crippen LogP contribution in [0.3, 0.4) is 0 Å². The molecule has 1 aliphatic carbocycles. The number of amides is 1. The van der Waals surface area contributed by atoms with Gasteiger partial charge in [0.25, 0.3) is 11.5 Å². The van der Waals surface area contributed by atoms with Crippen molar-refractivity contribution in [2.75, 3.05) is 0 Å². The number of fused-ring (bicyclic) bond motifs is 1. The summed E-state index contributed by atoms with van der Waals surface area (Å²) in [5, 5.41) is 18.2. The highest BCUT2D eigenvalue weighted by Crippen LogP contribution is 2.20. The van der Waals surface area contributed by atoms with E-state index in [-0.39, 0.29) is 29.3 Å². The SMILES string of the molecule is O=C(NC1CCC(O)CC1)c1nn(Cc2ccccc2)c(=O)c2ccccc12. The second-order valence-electron chi connectivity index (χ2n) is 7.32. The van der Waals surface area contributed by atoms with Gasteiger partial charge in [0, 0.05) is 11.4 Å². The van der Waals surface area contributed by atoms with E-state index in [1.807, 2.05) is 30.3 Å². The third-order valence-corrected chi connectivity index (χ3v) is 5.29. The highest BCUT2D eigenvalue weighted by atomic mass is 16.3. The first-order valence-corrected chi connectivity index (χ1v) is 9.64. The molecular weight excluding hydrogens is 354 g/mol. The van der Waals surface area contributed by atoms with E-state index in [4.69, 9.17) is 0 Å². The summed E-state index contributed by atoms with van der Waals surface area (Å²) in [6, 6.07) is 16.7. The normalized spacial score (nSPS) is 19.5. The van der Waals surface area contributed by atoms with Gasteiger partial charge < -0.3 is 10.4 Å². The molecule has 2 aromatic carbocycles. The van der Waals surface area contributed by atoms with Crippen LogP contribution in [-0.4, -0.2) is 32.9 Å². The van der Waals surface area contributed by atoms with Crippen LogP contribution in [-0.2, 0) is 6.54 Å². The van der Waals surface area contributed by atoms with Crippen LogP contribution in [0, 0.1) is 0 Å². The van der Waals surface area contributed by atoms with E-state index in [1.54, 1.807) is 24.3 Å². The highest BCUT2D eigenvalue weighted by molar-refractivity contribution is 6.04. The van der Waals surface area contributed by atoms with Crippen LogP contribution >= 0.6 is 0 Å². The highest BCUT2D eigenvalue weighted by Gasteiger charge is 2.23. The fourth-order valence-corrected chi connectivity index (χ4v) is 3.74. The van der Waals surface area contributed by atoms with Crippen LogP contribution in [0.4, 0.5) is 0 Å². The Labute approximate surface area is 162 Å². The molecule has 1 heterocycles. The maximum atomic E-state index is 13.0. The summed E-state index contributed by atoms with van der Waals surface area (Å²) in [7, 11) is 0. The lowest BCUT2D eigenvalue weighted by atomic mass is 9.93. The summed E-state index contributed by atoms with van der Waals surface area (Å²) >= 11 is 0. The average Bonchev–Trinajstić information content (AvgIpc) is 2.72. The quantitative estimate of drug-likeness (QED) is 0.732. The topological polar surface area (TPSA) is 84.2 Å². The Morgan fingerprint density at radius 1 is 1.00 bits per heavy atom. The van der Waals surface area contributed by atoms with Crippen LogP contribution in [0.15, 0.2) is 59.4 Å². The van der Waals surface area contributed by atoms with E-state index >= 15 is 0 Å². The summed E-state index contributed by atoms with van der Waals surface area (Å²) in [6.07, 6.45) is 2.59. The predicted octanol–water partition coefficient (Wildman–Crippen LogP) is 2.48. The van der Waals surface area contributed by atoms with Gasteiger partial charge in [-0.05, 0) is 37.3 Å². The summed E-state index contributed by atoms with van der Waals surface area (Å²) in [6.45, 7) is 0.306. The standard InChI is InChI=1S/C22H23N3O3/c26-17-12-10-16(11-13-17)23-21(27)20-18-8-4-5-9-19(18)22(28)25(24-20)14-15-6-2-1-3-7-15/h1-9,16-17,26H,10-14H2,(H,23,27). The number of rotatable bonds is 4. The van der Waals surface area contributed by atoms with Crippen molar-refractivity contribution < 1.29 is 9.90 Å². The molecule has 1 aromatic heterocycles. The van der Waals surface area contributed by atoms with Crippen molar-refractivity contribution in [3.05, 3.63) is 76.2 Å². The number of benzene rings is 2. The second kappa shape index (κ2) is 7.94. The molecule has 0 atom stereocenters. The molecule has 0 spiro atoms. The Morgan fingerprint density at radius 3 is 2.36 bits per heavy atom. The van der Waals surface area contributed by atoms with Crippen LogP contribution in [0.1, 0.15) is 41.7 Å². The first-order chi connectivity index (χ1) is 13.6. The van der Waals surface area contributed by atoms with E-state index in [0.717, 1.165) is 18.4 Å². The van der Waals surface area contributed by atoms with Gasteiger partial charge in [0.15, 0.2) is 5.69 Å². The molecule has 0 aliphatic heterocycles. The minimum absolute atomic E-state index is 0.0194. The van der Waals surface area contributed by atoms with Crippen LogP contribution in [0.25, 0.3) is 10.8 Å². The number of aliphatic hydroxyl groups excluding tert-OH is 1. The molecule has 0 saturated heterocycles. The molecule has 0 bridgehead atoms. The summed E-state index contributed by atoms with van der Waals surface area (Å²) in [4.78, 5) is 25.8. The molecule has 1 fully saturated rings. The number of hydrogen-bond acceptors (Lipinski definition) is 4. The molecule has 2 N–H and O–H groups in total. The minimum Gasteiger partial charge on any atom is -0.393 e. The maximum Gasteiger partial charge on any atom is 0.274 e. The molecular formula is C22H23N3O3. The largest absolute Gasteiger partial charge is 0.393 e. The van der Waals surface area contributed by atoms with Gasteiger partial charge in [-0.3, -0.25) is 9.59 Å². The average molecular weight is 377 g/mol. The number of carbonyl (C=O) groups is 1. The molecule has 3 aromatic rings. The van der Waals surface area contributed by atoms with Crippen molar-refractivity contribution in [2.45, 2.75) is 44.4 Å². The zero-order chi connectivity index (χ0) is 19.5. The lowest BCUT2D eigenvalue weighted by Gasteiger charge is -2.26. The zero-order valence-electron chi connectivity index (χ0n) is 15.5. The summed E-state index contributed by atoms with van der Waals surface area (Å²) in [5.74, 6) is -0.278. The Bertz CT molecular complexity index is 1040. The monoisotopic (exact) mass is 377 g/mol. The lowest BCUT2D eigenvalue weighted by Crippen LogP contribution is -2.40. The second-order valence-corrected chi connectivity index (χ2v) is 7.32. The summed E-state index contributed by atoms with van der Waals surface area (Å²) in [5.41, 5.74) is 0.994. The van der Waals surface area contributed by atoms with Crippen molar-refractivity contribution >= 4 is 16.7 Å². The number of hydrogen-bond donors (Lipinski definition) is 2. The van der Waals surface area contributed by atoms with Gasteiger partial charge in [0.1, 0.15) is 0 Å². The fraction of sp³-hybridized carbons (Fsp3) is 0.318. The molecule has 1 amide bonds. The summed E-state index contributed by atoms with van der Waals surface area (Å²) < 4.78 is 1.36. The van der Waals surface area contributed by atoms with Crippen molar-refractivity contribution in [3.8, 4) is 0 Å². The van der Waals surface area contributed by atoms with Crippen molar-refractivity contribution in [1.82, 2.24) is 15.1 Å². The van der Waals surface area contributed by atoms with Crippen molar-refractivity contribution in [2.24, 2.45) is 0 Å². The molecule has 6 nitrogen and oxygen atoms in total. The van der Waals surface area contributed by atoms with E-state index in [2.05, 4.69) is 10.4 Å². The number of nitrogens with zero attached hydrogens (tertiary/aromatic N) is 2. The van der Waals surface area contributed by atoms with Gasteiger partial charge in [-0.2, -0.15) is 5.10 Å². The molecule has 1 saturated carbocycles. The van der Waals surface area contributed by atoms with Crippen LogP contribution < -0.4 is 10.9 Å². The van der Waals surface area contributed by atoms with Gasteiger partial charge in [0.05, 0.1) is 18.0 Å². The van der Waals surface area contributed by atoms with Gasteiger partial charge in [-0.15, -0.1) is 0 Å². The van der Waals surface area contributed by atoms with Crippen molar-refractivity contribution in [3.63, 3.8) is 0 Å². The van der Waals surface area contributed by atoms with Gasteiger partial charge in [-0.25, -0.2) is 4.68 Å². The molecule has 144 valence electrons. The molecule has 6 heteroatoms. The molecule has 1 aliphatic rings. The van der Waals surface area contributed by atoms with Gasteiger partial charge in [-0.1, -0.05) is 48.5 Å². The first kappa shape index (κ1) is 18.4. The molecule has 28 heavy (non-hydrogen) atoms. The smallest absolute Gasteiger partial charge is 0.274 e. The zero-order valence-corrected chi connectivity index (χ0v) is 15.5. The maximum absolute atomic E-state index is 13.0. The number of aromatic nitrogens is 2. The Morgan fingerprint density at radius 2 is 1.64 bits per heavy atom. The third kappa shape index (κ3) is 3.82. The van der Waals surface area contributed by atoms with E-state index < -0.39 is 0 Å². The lowest BCUT2D eigenvalue weighted by molar-refractivity contribution is 0.0863. The predicted molar refractivity (Wildman–Crippen MR) is 107 cm³/mol. The first-order valence-electron chi connectivity index (χ1n) is 9.64. The number of carbonyl (C=O) groups excluding carboxylic acids is 1. The van der Waals surface area contributed by atoms with Gasteiger partial charge in [0.2, 0.25) is 0 Å². The fourth-order valence-electron chi connectivity index (χ4n) is 3.74. The van der Waals surface area contributed by atoms with E-state index in [1.165, 1.54) is 4.68 Å². The van der Waals surface area contributed by atoms with E-state index in [0.29, 0.717) is 30.2 Å². The third-order valence-electron chi connectivity index (χ3n) is 5.29. The molecule has 0 unspecified atom stereocenters. The van der Waals surface area contributed by atoms with E-state index in [9.17, 15) is 14.7 Å².